The van der Waals surface area contributed by atoms with Crippen molar-refractivity contribution >= 4 is 11.7 Å². The van der Waals surface area contributed by atoms with Gasteiger partial charge in [-0.05, 0) is 13.0 Å². The van der Waals surface area contributed by atoms with Crippen molar-refractivity contribution in [1.82, 2.24) is 0 Å². The zero-order valence-electron chi connectivity index (χ0n) is 9.61. The molecule has 0 amide bonds. The standard InChI is InChI=1S/C11H17NO3/c1-8(7-14-4)12(3)11-6-5-10(15-11)9(2)13/h5-6,8H,7H2,1-4H3. The van der Waals surface area contributed by atoms with Crippen molar-refractivity contribution in [2.45, 2.75) is 19.9 Å². The third-order valence-corrected chi connectivity index (χ3v) is 2.36. The molecule has 0 N–H and O–H groups in total. The van der Waals surface area contributed by atoms with E-state index in [1.54, 1.807) is 19.2 Å². The first-order valence-corrected chi connectivity index (χ1v) is 4.88. The Balaban J connectivity index is 2.73. The van der Waals surface area contributed by atoms with E-state index in [9.17, 15) is 4.79 Å². The fourth-order valence-corrected chi connectivity index (χ4v) is 1.28. The van der Waals surface area contributed by atoms with E-state index in [1.807, 2.05) is 18.9 Å². The monoisotopic (exact) mass is 211 g/mol. The first-order chi connectivity index (χ1) is 7.06. The van der Waals surface area contributed by atoms with Gasteiger partial charge >= 0.3 is 0 Å². The van der Waals surface area contributed by atoms with Crippen LogP contribution >= 0.6 is 0 Å². The quantitative estimate of drug-likeness (QED) is 0.698. The second-order valence-electron chi connectivity index (χ2n) is 3.61. The van der Waals surface area contributed by atoms with Crippen molar-refractivity contribution in [3.63, 3.8) is 0 Å². The molecular weight excluding hydrogens is 194 g/mol. The zero-order valence-corrected chi connectivity index (χ0v) is 9.61. The van der Waals surface area contributed by atoms with Crippen LogP contribution in [0.3, 0.4) is 0 Å². The molecular formula is C11H17NO3. The van der Waals surface area contributed by atoms with Crippen LogP contribution in [0, 0.1) is 0 Å². The Kier molecular flexibility index (Phi) is 3.91. The lowest BCUT2D eigenvalue weighted by molar-refractivity contribution is 0.0987. The summed E-state index contributed by atoms with van der Waals surface area (Å²) in [5.41, 5.74) is 0. The van der Waals surface area contributed by atoms with Gasteiger partial charge in [-0.25, -0.2) is 0 Å². The minimum absolute atomic E-state index is 0.0611. The molecule has 84 valence electrons. The zero-order chi connectivity index (χ0) is 11.4. The number of anilines is 1. The van der Waals surface area contributed by atoms with Crippen LogP contribution in [-0.2, 0) is 4.74 Å². The second kappa shape index (κ2) is 4.98. The minimum atomic E-state index is -0.0611. The summed E-state index contributed by atoms with van der Waals surface area (Å²) in [5, 5.41) is 0. The van der Waals surface area contributed by atoms with Crippen molar-refractivity contribution in [3.8, 4) is 0 Å². The van der Waals surface area contributed by atoms with Crippen LogP contribution in [0.4, 0.5) is 5.88 Å². The Morgan fingerprint density at radius 3 is 2.73 bits per heavy atom. The van der Waals surface area contributed by atoms with Crippen LogP contribution in [-0.4, -0.2) is 32.6 Å². The summed E-state index contributed by atoms with van der Waals surface area (Å²) in [4.78, 5) is 13.0. The van der Waals surface area contributed by atoms with E-state index >= 15 is 0 Å². The van der Waals surface area contributed by atoms with E-state index in [0.29, 0.717) is 18.3 Å². The summed E-state index contributed by atoms with van der Waals surface area (Å²) in [7, 11) is 3.57. The van der Waals surface area contributed by atoms with Crippen molar-refractivity contribution in [1.29, 1.82) is 0 Å². The van der Waals surface area contributed by atoms with Crippen LogP contribution in [0.5, 0.6) is 0 Å². The van der Waals surface area contributed by atoms with E-state index < -0.39 is 0 Å². The van der Waals surface area contributed by atoms with E-state index in [1.165, 1.54) is 6.92 Å². The summed E-state index contributed by atoms with van der Waals surface area (Å²) in [6.07, 6.45) is 0. The molecule has 1 rings (SSSR count). The molecule has 0 fully saturated rings. The Labute approximate surface area is 89.8 Å². The minimum Gasteiger partial charge on any atom is -0.437 e. The summed E-state index contributed by atoms with van der Waals surface area (Å²) in [6, 6.07) is 3.69. The maximum absolute atomic E-state index is 11.0. The lowest BCUT2D eigenvalue weighted by Gasteiger charge is -2.23. The van der Waals surface area contributed by atoms with Gasteiger partial charge in [0.25, 0.3) is 0 Å². The van der Waals surface area contributed by atoms with Crippen LogP contribution in [0.25, 0.3) is 0 Å². The summed E-state index contributed by atoms with van der Waals surface area (Å²) < 4.78 is 10.4. The summed E-state index contributed by atoms with van der Waals surface area (Å²) in [5.74, 6) is 1.01. The van der Waals surface area contributed by atoms with Gasteiger partial charge in [-0.2, -0.15) is 0 Å². The lowest BCUT2D eigenvalue weighted by Crippen LogP contribution is -2.32. The number of carbonyl (C=O) groups excluding carboxylic acids is 1. The first-order valence-electron chi connectivity index (χ1n) is 4.88. The molecule has 1 aromatic rings. The summed E-state index contributed by atoms with van der Waals surface area (Å²) in [6.45, 7) is 4.13. The number of rotatable bonds is 5. The molecule has 0 radical (unpaired) electrons. The van der Waals surface area contributed by atoms with Gasteiger partial charge in [0.15, 0.2) is 17.4 Å². The van der Waals surface area contributed by atoms with Gasteiger partial charge in [0, 0.05) is 27.1 Å². The van der Waals surface area contributed by atoms with Gasteiger partial charge in [0.1, 0.15) is 0 Å². The third-order valence-electron chi connectivity index (χ3n) is 2.36. The van der Waals surface area contributed by atoms with Crippen molar-refractivity contribution < 1.29 is 13.9 Å². The smallest absolute Gasteiger partial charge is 0.196 e. The average Bonchev–Trinajstić information content (AvgIpc) is 2.65. The molecule has 0 aliphatic rings. The molecule has 0 aliphatic heterocycles. The molecule has 4 heteroatoms. The number of hydrogen-bond acceptors (Lipinski definition) is 4. The van der Waals surface area contributed by atoms with Gasteiger partial charge in [0.2, 0.25) is 0 Å². The van der Waals surface area contributed by atoms with E-state index in [-0.39, 0.29) is 11.8 Å². The Morgan fingerprint density at radius 1 is 1.60 bits per heavy atom. The molecule has 0 saturated carbocycles. The van der Waals surface area contributed by atoms with E-state index in [2.05, 4.69) is 0 Å². The van der Waals surface area contributed by atoms with Gasteiger partial charge in [0.05, 0.1) is 12.6 Å². The maximum Gasteiger partial charge on any atom is 0.196 e. The molecule has 0 aliphatic carbocycles. The number of carbonyl (C=O) groups is 1. The molecule has 0 saturated heterocycles. The van der Waals surface area contributed by atoms with Crippen LogP contribution in [0.2, 0.25) is 0 Å². The van der Waals surface area contributed by atoms with Gasteiger partial charge in [-0.15, -0.1) is 0 Å². The fraction of sp³-hybridized carbons (Fsp3) is 0.545. The normalized spacial score (nSPS) is 12.5. The van der Waals surface area contributed by atoms with Crippen molar-refractivity contribution in [2.24, 2.45) is 0 Å². The average molecular weight is 211 g/mol. The topological polar surface area (TPSA) is 42.7 Å². The highest BCUT2D eigenvalue weighted by Gasteiger charge is 2.14. The van der Waals surface area contributed by atoms with Crippen LogP contribution < -0.4 is 4.90 Å². The number of hydrogen-bond donors (Lipinski definition) is 0. The van der Waals surface area contributed by atoms with Crippen molar-refractivity contribution in [3.05, 3.63) is 17.9 Å². The van der Waals surface area contributed by atoms with Gasteiger partial charge in [-0.1, -0.05) is 0 Å². The number of furan rings is 1. The van der Waals surface area contributed by atoms with Crippen molar-refractivity contribution in [2.75, 3.05) is 25.7 Å². The maximum atomic E-state index is 11.0. The van der Waals surface area contributed by atoms with E-state index in [4.69, 9.17) is 9.15 Å². The first kappa shape index (κ1) is 11.8. The number of likely N-dealkylation sites (N-methyl/N-ethyl adjacent to an activating group) is 1. The molecule has 1 aromatic heterocycles. The number of Topliss-reactive ketones (excluding diaryl/α,β-unsaturated/α-hetero) is 1. The Hall–Kier alpha value is -1.29. The molecule has 4 nitrogen and oxygen atoms in total. The Bertz CT molecular complexity index is 332. The number of nitrogens with zero attached hydrogens (tertiary/aromatic N) is 1. The molecule has 15 heavy (non-hydrogen) atoms. The number of methoxy groups -OCH3 is 1. The lowest BCUT2D eigenvalue weighted by atomic mass is 10.3. The molecule has 1 heterocycles. The predicted octanol–water partition coefficient (Wildman–Crippen LogP) is 1.95. The summed E-state index contributed by atoms with van der Waals surface area (Å²) >= 11 is 0. The molecule has 1 unspecified atom stereocenters. The highest BCUT2D eigenvalue weighted by Crippen LogP contribution is 2.19. The van der Waals surface area contributed by atoms with Gasteiger partial charge < -0.3 is 14.1 Å². The number of ketones is 1. The highest BCUT2D eigenvalue weighted by molar-refractivity contribution is 5.91. The van der Waals surface area contributed by atoms with E-state index in [0.717, 1.165) is 0 Å². The number of ether oxygens (including phenoxy) is 1. The largest absolute Gasteiger partial charge is 0.437 e. The predicted molar refractivity (Wildman–Crippen MR) is 58.5 cm³/mol. The third kappa shape index (κ3) is 2.83. The molecule has 0 aromatic carbocycles. The van der Waals surface area contributed by atoms with Crippen LogP contribution in [0.1, 0.15) is 24.4 Å². The van der Waals surface area contributed by atoms with Gasteiger partial charge in [-0.3, -0.25) is 4.79 Å². The SMILES string of the molecule is COCC(C)N(C)c1ccc(C(C)=O)o1. The van der Waals surface area contributed by atoms with Crippen LogP contribution in [0.15, 0.2) is 16.5 Å². The highest BCUT2D eigenvalue weighted by atomic mass is 16.5. The molecule has 0 bridgehead atoms. The molecule has 1 atom stereocenters. The Morgan fingerprint density at radius 2 is 2.27 bits per heavy atom. The fourth-order valence-electron chi connectivity index (χ4n) is 1.28. The molecule has 0 spiro atoms. The second-order valence-corrected chi connectivity index (χ2v) is 3.61.